The lowest BCUT2D eigenvalue weighted by molar-refractivity contribution is -0.119. The van der Waals surface area contributed by atoms with Crippen LogP contribution in [0.15, 0.2) is 30.3 Å². The van der Waals surface area contributed by atoms with E-state index in [1.807, 2.05) is 30.3 Å². The number of benzene rings is 1. The molecule has 1 unspecified atom stereocenters. The van der Waals surface area contributed by atoms with Crippen molar-refractivity contribution in [1.29, 1.82) is 0 Å². The molecule has 0 saturated heterocycles. The molecule has 0 heterocycles. The second kappa shape index (κ2) is 2.67. The van der Waals surface area contributed by atoms with Crippen LogP contribution in [0.5, 0.6) is 0 Å². The van der Waals surface area contributed by atoms with Crippen LogP contribution in [0.3, 0.4) is 0 Å². The number of ketones is 1. The summed E-state index contributed by atoms with van der Waals surface area (Å²) in [5, 5.41) is 0. The van der Waals surface area contributed by atoms with Gasteiger partial charge >= 0.3 is 0 Å². The Morgan fingerprint density at radius 2 is 2.08 bits per heavy atom. The zero-order valence-electron chi connectivity index (χ0n) is 7.66. The van der Waals surface area contributed by atoms with E-state index in [9.17, 15) is 4.79 Å². The van der Waals surface area contributed by atoms with Crippen molar-refractivity contribution in [3.8, 4) is 0 Å². The highest BCUT2D eigenvalue weighted by Crippen LogP contribution is 2.49. The van der Waals surface area contributed by atoms with E-state index in [1.165, 1.54) is 5.56 Å². The number of hydrogen-bond donors (Lipinski definition) is 1. The summed E-state index contributed by atoms with van der Waals surface area (Å²) in [4.78, 5) is 11.2. The molecule has 0 amide bonds. The molecule has 2 atom stereocenters. The summed E-state index contributed by atoms with van der Waals surface area (Å²) in [6.07, 6.45) is 0.798. The van der Waals surface area contributed by atoms with Crippen molar-refractivity contribution in [3.63, 3.8) is 0 Å². The van der Waals surface area contributed by atoms with Gasteiger partial charge in [0, 0.05) is 5.92 Å². The average molecular weight is 175 g/mol. The van der Waals surface area contributed by atoms with Gasteiger partial charge in [-0.2, -0.15) is 0 Å². The summed E-state index contributed by atoms with van der Waals surface area (Å²) in [7, 11) is 0. The predicted octanol–water partition coefficient (Wildman–Crippen LogP) is 1.46. The van der Waals surface area contributed by atoms with E-state index in [0.29, 0.717) is 0 Å². The number of carbonyl (C=O) groups is 1. The van der Waals surface area contributed by atoms with Crippen LogP contribution in [0.2, 0.25) is 0 Å². The van der Waals surface area contributed by atoms with E-state index < -0.39 is 5.54 Å². The Balaban J connectivity index is 2.21. The number of carbonyl (C=O) groups excluding carboxylic acids is 1. The second-order valence-electron chi connectivity index (χ2n) is 3.76. The van der Waals surface area contributed by atoms with Gasteiger partial charge in [0.1, 0.15) is 5.78 Å². The van der Waals surface area contributed by atoms with Crippen molar-refractivity contribution in [1.82, 2.24) is 0 Å². The standard InChI is InChI=1S/C11H13NO/c1-8(13)11(12)7-10(11)9-5-3-2-4-6-9/h2-6,10H,7,12H2,1H3/t10?,11-/m0/s1. The molecule has 2 rings (SSSR count). The highest BCUT2D eigenvalue weighted by molar-refractivity contribution is 5.91. The molecule has 1 aromatic rings. The van der Waals surface area contributed by atoms with Gasteiger partial charge in [-0.1, -0.05) is 30.3 Å². The Bertz CT molecular complexity index is 333. The summed E-state index contributed by atoms with van der Waals surface area (Å²) in [6, 6.07) is 9.99. The first kappa shape index (κ1) is 8.45. The molecular formula is C11H13NO. The Hall–Kier alpha value is -1.15. The van der Waals surface area contributed by atoms with Crippen LogP contribution in [0.1, 0.15) is 24.8 Å². The minimum absolute atomic E-state index is 0.0985. The highest BCUT2D eigenvalue weighted by Gasteiger charge is 2.55. The van der Waals surface area contributed by atoms with Crippen molar-refractivity contribution in [2.24, 2.45) is 5.73 Å². The van der Waals surface area contributed by atoms with E-state index in [4.69, 9.17) is 5.73 Å². The van der Waals surface area contributed by atoms with E-state index >= 15 is 0 Å². The maximum Gasteiger partial charge on any atom is 0.150 e. The molecule has 0 spiro atoms. The summed E-state index contributed by atoms with van der Waals surface area (Å²) in [6.45, 7) is 1.57. The van der Waals surface area contributed by atoms with Crippen LogP contribution in [-0.4, -0.2) is 11.3 Å². The average Bonchev–Trinajstić information content (AvgIpc) is 2.81. The van der Waals surface area contributed by atoms with E-state index in [-0.39, 0.29) is 11.7 Å². The largest absolute Gasteiger partial charge is 0.318 e. The fourth-order valence-corrected chi connectivity index (χ4v) is 1.77. The normalized spacial score (nSPS) is 31.4. The molecule has 1 aliphatic carbocycles. The van der Waals surface area contributed by atoms with Crippen molar-refractivity contribution < 1.29 is 4.79 Å². The zero-order chi connectivity index (χ0) is 9.47. The van der Waals surface area contributed by atoms with Crippen LogP contribution in [-0.2, 0) is 4.79 Å². The molecule has 0 aromatic heterocycles. The van der Waals surface area contributed by atoms with Crippen molar-refractivity contribution in [3.05, 3.63) is 35.9 Å². The molecule has 0 bridgehead atoms. The van der Waals surface area contributed by atoms with Crippen molar-refractivity contribution >= 4 is 5.78 Å². The topological polar surface area (TPSA) is 43.1 Å². The van der Waals surface area contributed by atoms with Crippen LogP contribution in [0, 0.1) is 0 Å². The van der Waals surface area contributed by atoms with Crippen LogP contribution in [0.25, 0.3) is 0 Å². The fourth-order valence-electron chi connectivity index (χ4n) is 1.77. The Morgan fingerprint density at radius 1 is 1.46 bits per heavy atom. The minimum Gasteiger partial charge on any atom is -0.318 e. The molecule has 1 aromatic carbocycles. The highest BCUT2D eigenvalue weighted by atomic mass is 16.1. The zero-order valence-corrected chi connectivity index (χ0v) is 7.66. The van der Waals surface area contributed by atoms with E-state index in [0.717, 1.165) is 6.42 Å². The lowest BCUT2D eigenvalue weighted by atomic mass is 10.0. The Kier molecular flexibility index (Phi) is 1.74. The first-order chi connectivity index (χ1) is 6.14. The van der Waals surface area contributed by atoms with Gasteiger partial charge in [-0.15, -0.1) is 0 Å². The Labute approximate surface area is 77.8 Å². The Morgan fingerprint density at radius 3 is 2.54 bits per heavy atom. The lowest BCUT2D eigenvalue weighted by Crippen LogP contribution is -2.32. The SMILES string of the molecule is CC(=O)[C@@]1(N)CC1c1ccccc1. The van der Waals surface area contributed by atoms with Crippen molar-refractivity contribution in [2.45, 2.75) is 24.8 Å². The first-order valence-corrected chi connectivity index (χ1v) is 4.49. The number of nitrogens with two attached hydrogens (primary N) is 1. The molecule has 2 nitrogen and oxygen atoms in total. The molecule has 0 aliphatic heterocycles. The van der Waals surface area contributed by atoms with Gasteiger partial charge < -0.3 is 5.73 Å². The maximum absolute atomic E-state index is 11.2. The number of hydrogen-bond acceptors (Lipinski definition) is 2. The molecular weight excluding hydrogens is 162 g/mol. The second-order valence-corrected chi connectivity index (χ2v) is 3.76. The van der Waals surface area contributed by atoms with Crippen LogP contribution in [0.4, 0.5) is 0 Å². The third kappa shape index (κ3) is 1.27. The third-order valence-electron chi connectivity index (χ3n) is 2.86. The monoisotopic (exact) mass is 175 g/mol. The molecule has 2 N–H and O–H groups in total. The van der Waals surface area contributed by atoms with Gasteiger partial charge in [0.15, 0.2) is 0 Å². The smallest absolute Gasteiger partial charge is 0.150 e. The minimum atomic E-state index is -0.568. The van der Waals surface area contributed by atoms with E-state index in [2.05, 4.69) is 0 Å². The quantitative estimate of drug-likeness (QED) is 0.739. The summed E-state index contributed by atoms with van der Waals surface area (Å²) >= 11 is 0. The fraction of sp³-hybridized carbons (Fsp3) is 0.364. The summed E-state index contributed by atoms with van der Waals surface area (Å²) in [5.74, 6) is 0.340. The number of Topliss-reactive ketones (excluding diaryl/α,β-unsaturated/α-hetero) is 1. The molecule has 68 valence electrons. The van der Waals surface area contributed by atoms with E-state index in [1.54, 1.807) is 6.92 Å². The van der Waals surface area contributed by atoms with Gasteiger partial charge in [-0.3, -0.25) is 4.79 Å². The number of rotatable bonds is 2. The molecule has 1 aliphatic rings. The van der Waals surface area contributed by atoms with Crippen molar-refractivity contribution in [2.75, 3.05) is 0 Å². The van der Waals surface area contributed by atoms with Gasteiger partial charge in [0.05, 0.1) is 5.54 Å². The van der Waals surface area contributed by atoms with Gasteiger partial charge in [-0.25, -0.2) is 0 Å². The maximum atomic E-state index is 11.2. The molecule has 1 saturated carbocycles. The molecule has 0 radical (unpaired) electrons. The van der Waals surface area contributed by atoms with Crippen LogP contribution < -0.4 is 5.73 Å². The summed E-state index contributed by atoms with van der Waals surface area (Å²) in [5.41, 5.74) is 6.53. The van der Waals surface area contributed by atoms with Gasteiger partial charge in [-0.05, 0) is 18.9 Å². The van der Waals surface area contributed by atoms with Gasteiger partial charge in [0.25, 0.3) is 0 Å². The van der Waals surface area contributed by atoms with Gasteiger partial charge in [0.2, 0.25) is 0 Å². The lowest BCUT2D eigenvalue weighted by Gasteiger charge is -2.06. The van der Waals surface area contributed by atoms with Crippen LogP contribution >= 0.6 is 0 Å². The summed E-state index contributed by atoms with van der Waals surface area (Å²) < 4.78 is 0. The predicted molar refractivity (Wildman–Crippen MR) is 51.4 cm³/mol. The first-order valence-electron chi connectivity index (χ1n) is 4.49. The molecule has 1 fully saturated rings. The third-order valence-corrected chi connectivity index (χ3v) is 2.86. The molecule has 2 heteroatoms. The molecule has 13 heavy (non-hydrogen) atoms.